The molecule has 2 aromatic rings. The van der Waals surface area contributed by atoms with Crippen LogP contribution < -0.4 is 0 Å². The lowest BCUT2D eigenvalue weighted by molar-refractivity contribution is 1.12. The summed E-state index contributed by atoms with van der Waals surface area (Å²) < 4.78 is 0. The van der Waals surface area contributed by atoms with E-state index in [0.717, 1.165) is 4.90 Å². The Balaban J connectivity index is 2.27. The van der Waals surface area contributed by atoms with E-state index in [1.165, 1.54) is 17.8 Å². The van der Waals surface area contributed by atoms with Gasteiger partial charge in [0.15, 0.2) is 0 Å². The number of hydrogen-bond donors (Lipinski definition) is 0. The molecule has 0 unspecified atom stereocenters. The molecule has 0 aliphatic rings. The summed E-state index contributed by atoms with van der Waals surface area (Å²) in [6, 6.07) is 12.7. The summed E-state index contributed by atoms with van der Waals surface area (Å²) in [4.78, 5) is 5.14. The van der Waals surface area contributed by atoms with E-state index in [1.807, 2.05) is 18.2 Å². The smallest absolute Gasteiger partial charge is 0.131 e. The molecule has 17 heavy (non-hydrogen) atoms. The summed E-state index contributed by atoms with van der Waals surface area (Å²) in [5.74, 6) is 0. The van der Waals surface area contributed by atoms with Gasteiger partial charge in [-0.1, -0.05) is 35.0 Å². The molecule has 0 radical (unpaired) electrons. The molecule has 0 spiro atoms. The van der Waals surface area contributed by atoms with Crippen LogP contribution in [0.3, 0.4) is 0 Å². The van der Waals surface area contributed by atoms with Crippen molar-refractivity contribution < 1.29 is 0 Å². The third-order valence-corrected chi connectivity index (χ3v) is 3.31. The van der Waals surface area contributed by atoms with Crippen molar-refractivity contribution in [2.75, 3.05) is 0 Å². The molecule has 0 fully saturated rings. The Morgan fingerprint density at radius 3 is 2.47 bits per heavy atom. The molecule has 0 amide bonds. The fourth-order valence-electron chi connectivity index (χ4n) is 1.21. The van der Waals surface area contributed by atoms with Crippen LogP contribution in [-0.4, -0.2) is 4.98 Å². The van der Waals surface area contributed by atoms with Gasteiger partial charge in [0.2, 0.25) is 0 Å². The molecule has 0 N–H and O–H groups in total. The highest BCUT2D eigenvalue weighted by Crippen LogP contribution is 2.28. The molecule has 0 atom stereocenters. The van der Waals surface area contributed by atoms with Crippen LogP contribution in [0.25, 0.3) is 0 Å². The average Bonchev–Trinajstić information content (AvgIpc) is 2.31. The molecule has 0 aliphatic heterocycles. The van der Waals surface area contributed by atoms with Gasteiger partial charge in [0.1, 0.15) is 10.2 Å². The van der Waals surface area contributed by atoms with E-state index in [9.17, 15) is 0 Å². The molecule has 1 aromatic carbocycles. The van der Waals surface area contributed by atoms with Crippen LogP contribution >= 0.6 is 35.0 Å². The Hall–Kier alpha value is -1.21. The molecule has 2 rings (SSSR count). The molecule has 0 aliphatic carbocycles. The number of nitriles is 1. The van der Waals surface area contributed by atoms with Crippen molar-refractivity contribution >= 4 is 35.0 Å². The molecule has 0 saturated carbocycles. The number of pyridine rings is 1. The number of halogens is 2. The topological polar surface area (TPSA) is 36.7 Å². The number of rotatable bonds is 2. The fraction of sp³-hybridized carbons (Fsp3) is 0. The van der Waals surface area contributed by atoms with Gasteiger partial charge in [-0.2, -0.15) is 5.26 Å². The second-order valence-corrected chi connectivity index (χ2v) is 5.10. The number of hydrogen-bond acceptors (Lipinski definition) is 3. The summed E-state index contributed by atoms with van der Waals surface area (Å²) in [6.07, 6.45) is 0. The molecule has 84 valence electrons. The highest BCUT2D eigenvalue weighted by Gasteiger charge is 2.03. The van der Waals surface area contributed by atoms with E-state index in [1.54, 1.807) is 18.2 Å². The van der Waals surface area contributed by atoms with Gasteiger partial charge in [-0.15, -0.1) is 0 Å². The van der Waals surface area contributed by atoms with Gasteiger partial charge in [0.05, 0.1) is 11.6 Å². The Bertz CT molecular complexity index is 576. The zero-order chi connectivity index (χ0) is 12.3. The van der Waals surface area contributed by atoms with Crippen LogP contribution in [-0.2, 0) is 0 Å². The van der Waals surface area contributed by atoms with Crippen molar-refractivity contribution in [2.45, 2.75) is 9.92 Å². The quantitative estimate of drug-likeness (QED) is 0.765. The second-order valence-electron chi connectivity index (χ2n) is 3.18. The Labute approximate surface area is 113 Å². The summed E-state index contributed by atoms with van der Waals surface area (Å²) >= 11 is 13.1. The van der Waals surface area contributed by atoms with E-state index in [0.29, 0.717) is 20.8 Å². The first kappa shape index (κ1) is 12.3. The molecule has 1 heterocycles. The summed E-state index contributed by atoms with van der Waals surface area (Å²) in [7, 11) is 0. The Morgan fingerprint density at radius 2 is 1.82 bits per heavy atom. The summed E-state index contributed by atoms with van der Waals surface area (Å²) in [6.45, 7) is 0. The van der Waals surface area contributed by atoms with E-state index >= 15 is 0 Å². The first-order valence-electron chi connectivity index (χ1n) is 4.68. The highest BCUT2D eigenvalue weighted by atomic mass is 35.5. The summed E-state index contributed by atoms with van der Waals surface area (Å²) in [5.41, 5.74) is 0.501. The summed E-state index contributed by atoms with van der Waals surface area (Å²) in [5, 5.41) is 10.5. The minimum absolute atomic E-state index is 0.320. The molecule has 0 bridgehead atoms. The normalized spacial score (nSPS) is 9.94. The first-order valence-corrected chi connectivity index (χ1v) is 6.26. The zero-order valence-electron chi connectivity index (χ0n) is 8.52. The minimum Gasteiger partial charge on any atom is -0.229 e. The van der Waals surface area contributed by atoms with Crippen LogP contribution in [0.5, 0.6) is 0 Å². The third kappa shape index (κ3) is 3.37. The maximum Gasteiger partial charge on any atom is 0.131 e. The van der Waals surface area contributed by atoms with Crippen LogP contribution in [0.1, 0.15) is 5.56 Å². The van der Waals surface area contributed by atoms with Crippen molar-refractivity contribution in [3.63, 3.8) is 0 Å². The molecule has 1 aromatic heterocycles. The van der Waals surface area contributed by atoms with Crippen LogP contribution in [0.4, 0.5) is 0 Å². The van der Waals surface area contributed by atoms with Crippen molar-refractivity contribution in [3.05, 3.63) is 52.1 Å². The lowest BCUT2D eigenvalue weighted by Gasteiger charge is -2.02. The van der Waals surface area contributed by atoms with Crippen LogP contribution in [0.15, 0.2) is 46.3 Å². The van der Waals surface area contributed by atoms with Gasteiger partial charge in [-0.3, -0.25) is 0 Å². The highest BCUT2D eigenvalue weighted by molar-refractivity contribution is 7.99. The first-order chi connectivity index (χ1) is 8.17. The fourth-order valence-corrected chi connectivity index (χ4v) is 2.44. The van der Waals surface area contributed by atoms with Gasteiger partial charge in [-0.25, -0.2) is 4.98 Å². The number of benzene rings is 1. The largest absolute Gasteiger partial charge is 0.229 e. The maximum absolute atomic E-state index is 8.83. The Morgan fingerprint density at radius 1 is 1.12 bits per heavy atom. The predicted molar refractivity (Wildman–Crippen MR) is 69.5 cm³/mol. The SMILES string of the molecule is N#Cc1cc(Cl)nc(Sc2ccc(Cl)cc2)c1. The van der Waals surface area contributed by atoms with Crippen molar-refractivity contribution in [1.29, 1.82) is 5.26 Å². The second kappa shape index (κ2) is 5.42. The average molecular weight is 281 g/mol. The lowest BCUT2D eigenvalue weighted by Crippen LogP contribution is -1.84. The lowest BCUT2D eigenvalue weighted by atomic mass is 10.3. The van der Waals surface area contributed by atoms with Crippen LogP contribution in [0, 0.1) is 11.3 Å². The van der Waals surface area contributed by atoms with Gasteiger partial charge in [0, 0.05) is 9.92 Å². The van der Waals surface area contributed by atoms with Gasteiger partial charge in [0.25, 0.3) is 0 Å². The standard InChI is InChI=1S/C12H6Cl2N2S/c13-9-1-3-10(4-2-9)17-12-6-8(7-15)5-11(14)16-12/h1-6H. The van der Waals surface area contributed by atoms with Gasteiger partial charge >= 0.3 is 0 Å². The van der Waals surface area contributed by atoms with Gasteiger partial charge in [-0.05, 0) is 36.4 Å². The Kier molecular flexibility index (Phi) is 3.90. The van der Waals surface area contributed by atoms with Crippen molar-refractivity contribution in [1.82, 2.24) is 4.98 Å². The van der Waals surface area contributed by atoms with Crippen molar-refractivity contribution in [2.24, 2.45) is 0 Å². The van der Waals surface area contributed by atoms with Crippen LogP contribution in [0.2, 0.25) is 10.2 Å². The minimum atomic E-state index is 0.320. The molecule has 2 nitrogen and oxygen atoms in total. The van der Waals surface area contributed by atoms with Crippen molar-refractivity contribution in [3.8, 4) is 6.07 Å². The predicted octanol–water partition coefficient (Wildman–Crippen LogP) is 4.41. The number of aromatic nitrogens is 1. The zero-order valence-corrected chi connectivity index (χ0v) is 10.9. The van der Waals surface area contributed by atoms with E-state index in [4.69, 9.17) is 28.5 Å². The molecular formula is C12H6Cl2N2S. The third-order valence-electron chi connectivity index (χ3n) is 1.94. The van der Waals surface area contributed by atoms with E-state index in [2.05, 4.69) is 4.98 Å². The molecule has 0 saturated heterocycles. The molecule has 5 heteroatoms. The monoisotopic (exact) mass is 280 g/mol. The van der Waals surface area contributed by atoms with E-state index in [-0.39, 0.29) is 0 Å². The maximum atomic E-state index is 8.83. The van der Waals surface area contributed by atoms with E-state index < -0.39 is 0 Å². The number of nitrogens with zero attached hydrogens (tertiary/aromatic N) is 2. The van der Waals surface area contributed by atoms with Gasteiger partial charge < -0.3 is 0 Å². The molecular weight excluding hydrogens is 275 g/mol.